The van der Waals surface area contributed by atoms with Crippen molar-refractivity contribution in [3.05, 3.63) is 59.4 Å². The van der Waals surface area contributed by atoms with E-state index in [1.807, 2.05) is 0 Å². The number of esters is 1. The smallest absolute Gasteiger partial charge is 0.342 e. The molecule has 0 bridgehead atoms. The Bertz CT molecular complexity index is 957. The van der Waals surface area contributed by atoms with Gasteiger partial charge in [0.15, 0.2) is 0 Å². The molecule has 0 amide bonds. The zero-order valence-corrected chi connectivity index (χ0v) is 16.1. The van der Waals surface area contributed by atoms with Crippen molar-refractivity contribution >= 4 is 16.0 Å². The number of hydrogen-bond donors (Lipinski definition) is 0. The summed E-state index contributed by atoms with van der Waals surface area (Å²) in [7, 11) is -2.28. The summed E-state index contributed by atoms with van der Waals surface area (Å²) in [4.78, 5) is 12.4. The van der Waals surface area contributed by atoms with E-state index in [0.29, 0.717) is 31.9 Å². The van der Waals surface area contributed by atoms with Crippen molar-refractivity contribution in [1.29, 1.82) is 0 Å². The molecule has 0 N–H and O–H groups in total. The maximum Gasteiger partial charge on any atom is 0.342 e. The van der Waals surface area contributed by atoms with Gasteiger partial charge >= 0.3 is 5.97 Å². The zero-order valence-electron chi connectivity index (χ0n) is 15.3. The third kappa shape index (κ3) is 4.49. The van der Waals surface area contributed by atoms with Gasteiger partial charge in [0.2, 0.25) is 10.0 Å². The molecule has 2 aromatic rings. The molecule has 1 fully saturated rings. The first-order valence-corrected chi connectivity index (χ1v) is 10.0. The summed E-state index contributed by atoms with van der Waals surface area (Å²) >= 11 is 0. The summed E-state index contributed by atoms with van der Waals surface area (Å²) in [5, 5.41) is 0. The van der Waals surface area contributed by atoms with E-state index in [4.69, 9.17) is 14.2 Å². The predicted octanol–water partition coefficient (Wildman–Crippen LogP) is 2.21. The molecule has 0 unspecified atom stereocenters. The maximum absolute atomic E-state index is 13.4. The molecule has 1 aliphatic heterocycles. The largest absolute Gasteiger partial charge is 0.496 e. The normalized spacial score (nSPS) is 15.2. The Labute approximate surface area is 162 Å². The van der Waals surface area contributed by atoms with E-state index in [2.05, 4.69) is 0 Å². The van der Waals surface area contributed by atoms with Crippen molar-refractivity contribution in [2.24, 2.45) is 0 Å². The third-order valence-electron chi connectivity index (χ3n) is 4.26. The van der Waals surface area contributed by atoms with E-state index in [-0.39, 0.29) is 22.8 Å². The van der Waals surface area contributed by atoms with Crippen LogP contribution >= 0.6 is 0 Å². The fourth-order valence-corrected chi connectivity index (χ4v) is 4.28. The van der Waals surface area contributed by atoms with Crippen LogP contribution in [0.1, 0.15) is 15.9 Å². The Morgan fingerprint density at radius 2 is 1.93 bits per heavy atom. The van der Waals surface area contributed by atoms with Crippen molar-refractivity contribution in [1.82, 2.24) is 4.31 Å². The van der Waals surface area contributed by atoms with Crippen molar-refractivity contribution in [2.75, 3.05) is 33.4 Å². The van der Waals surface area contributed by atoms with E-state index < -0.39 is 21.8 Å². The van der Waals surface area contributed by atoms with Crippen LogP contribution in [-0.2, 0) is 26.1 Å². The highest BCUT2D eigenvalue weighted by Gasteiger charge is 2.26. The summed E-state index contributed by atoms with van der Waals surface area (Å²) in [6.07, 6.45) is 0. The molecular formula is C19H20FNO6S. The lowest BCUT2D eigenvalue weighted by atomic mass is 10.2. The molecule has 0 aliphatic carbocycles. The fraction of sp³-hybridized carbons (Fsp3) is 0.316. The summed E-state index contributed by atoms with van der Waals surface area (Å²) in [5.41, 5.74) is 0.456. The number of carbonyl (C=O) groups excluding carboxylic acids is 1. The minimum absolute atomic E-state index is 0.0420. The lowest BCUT2D eigenvalue weighted by Gasteiger charge is -2.26. The second-order valence-corrected chi connectivity index (χ2v) is 8.02. The molecule has 3 rings (SSSR count). The highest BCUT2D eigenvalue weighted by molar-refractivity contribution is 7.89. The van der Waals surface area contributed by atoms with E-state index in [9.17, 15) is 17.6 Å². The average molecular weight is 409 g/mol. The SMILES string of the molecule is COc1ccc(F)cc1C(=O)OCc1cccc(S(=O)(=O)N2CCOCC2)c1. The topological polar surface area (TPSA) is 82.1 Å². The highest BCUT2D eigenvalue weighted by Crippen LogP contribution is 2.22. The van der Waals surface area contributed by atoms with E-state index >= 15 is 0 Å². The average Bonchev–Trinajstić information content (AvgIpc) is 2.72. The van der Waals surface area contributed by atoms with Gasteiger partial charge in [0.25, 0.3) is 0 Å². The zero-order chi connectivity index (χ0) is 20.1. The summed E-state index contributed by atoms with van der Waals surface area (Å²) < 4.78 is 55.7. The van der Waals surface area contributed by atoms with Crippen LogP contribution in [-0.4, -0.2) is 52.1 Å². The Morgan fingerprint density at radius 3 is 2.64 bits per heavy atom. The number of morpholine rings is 1. The molecular weight excluding hydrogens is 389 g/mol. The number of rotatable bonds is 6. The lowest BCUT2D eigenvalue weighted by Crippen LogP contribution is -2.40. The Hall–Kier alpha value is -2.49. The maximum atomic E-state index is 13.4. The van der Waals surface area contributed by atoms with Crippen LogP contribution in [0.15, 0.2) is 47.4 Å². The summed E-state index contributed by atoms with van der Waals surface area (Å²) in [6, 6.07) is 9.72. The van der Waals surface area contributed by atoms with E-state index in [1.54, 1.807) is 12.1 Å². The van der Waals surface area contributed by atoms with Gasteiger partial charge in [-0.05, 0) is 35.9 Å². The molecule has 7 nitrogen and oxygen atoms in total. The first-order valence-electron chi connectivity index (χ1n) is 8.59. The molecule has 0 atom stereocenters. The number of sulfonamides is 1. The Morgan fingerprint density at radius 1 is 1.18 bits per heavy atom. The number of methoxy groups -OCH3 is 1. The molecule has 0 aromatic heterocycles. The van der Waals surface area contributed by atoms with E-state index in [1.165, 1.54) is 35.7 Å². The second-order valence-electron chi connectivity index (χ2n) is 6.08. The van der Waals surface area contributed by atoms with Gasteiger partial charge in [0.1, 0.15) is 23.7 Å². The Balaban J connectivity index is 1.73. The van der Waals surface area contributed by atoms with Gasteiger partial charge in [-0.2, -0.15) is 4.31 Å². The molecule has 0 radical (unpaired) electrons. The molecule has 2 aromatic carbocycles. The standard InChI is InChI=1S/C19H20FNO6S/c1-25-18-6-5-15(20)12-17(18)19(22)27-13-14-3-2-4-16(11-14)28(23,24)21-7-9-26-10-8-21/h2-6,11-12H,7-10,13H2,1H3. The van der Waals surface area contributed by atoms with Gasteiger partial charge < -0.3 is 14.2 Å². The van der Waals surface area contributed by atoms with Crippen LogP contribution in [0.5, 0.6) is 5.75 Å². The van der Waals surface area contributed by atoms with E-state index in [0.717, 1.165) is 6.07 Å². The van der Waals surface area contributed by atoms with Gasteiger partial charge in [-0.3, -0.25) is 0 Å². The Kier molecular flexibility index (Phi) is 6.28. The monoisotopic (exact) mass is 409 g/mol. The molecule has 0 spiro atoms. The molecule has 1 saturated heterocycles. The first-order chi connectivity index (χ1) is 13.4. The lowest BCUT2D eigenvalue weighted by molar-refractivity contribution is 0.0468. The highest BCUT2D eigenvalue weighted by atomic mass is 32.2. The molecule has 1 heterocycles. The van der Waals surface area contributed by atoms with Crippen molar-refractivity contribution in [3.63, 3.8) is 0 Å². The van der Waals surface area contributed by atoms with Crippen LogP contribution in [0, 0.1) is 5.82 Å². The number of ether oxygens (including phenoxy) is 3. The number of nitrogens with zero attached hydrogens (tertiary/aromatic N) is 1. The van der Waals surface area contributed by atoms with Crippen LogP contribution < -0.4 is 4.74 Å². The van der Waals surface area contributed by atoms with Crippen LogP contribution in [0.25, 0.3) is 0 Å². The van der Waals surface area contributed by atoms with Crippen molar-refractivity contribution in [2.45, 2.75) is 11.5 Å². The van der Waals surface area contributed by atoms with Gasteiger partial charge in [-0.1, -0.05) is 12.1 Å². The number of halogens is 1. The first kappa shape index (κ1) is 20.2. The van der Waals surface area contributed by atoms with Crippen LogP contribution in [0.3, 0.4) is 0 Å². The van der Waals surface area contributed by atoms with Gasteiger partial charge in [0.05, 0.1) is 25.2 Å². The van der Waals surface area contributed by atoms with Crippen molar-refractivity contribution < 1.29 is 31.8 Å². The van der Waals surface area contributed by atoms with Gasteiger partial charge in [-0.15, -0.1) is 0 Å². The number of hydrogen-bond acceptors (Lipinski definition) is 6. The van der Waals surface area contributed by atoms with Gasteiger partial charge in [-0.25, -0.2) is 17.6 Å². The minimum atomic E-state index is -3.65. The fourth-order valence-electron chi connectivity index (χ4n) is 2.80. The molecule has 150 valence electrons. The number of carbonyl (C=O) groups is 1. The quantitative estimate of drug-likeness (QED) is 0.681. The number of benzene rings is 2. The van der Waals surface area contributed by atoms with Gasteiger partial charge in [0, 0.05) is 13.1 Å². The molecule has 9 heteroatoms. The van der Waals surface area contributed by atoms with Crippen molar-refractivity contribution in [3.8, 4) is 5.75 Å². The second kappa shape index (κ2) is 8.68. The van der Waals surface area contributed by atoms with Crippen LogP contribution in [0.4, 0.5) is 4.39 Å². The van der Waals surface area contributed by atoms with Crippen LogP contribution in [0.2, 0.25) is 0 Å². The summed E-state index contributed by atoms with van der Waals surface area (Å²) in [5.74, 6) is -1.17. The molecule has 1 aliphatic rings. The summed E-state index contributed by atoms with van der Waals surface area (Å²) in [6.45, 7) is 1.13. The third-order valence-corrected chi connectivity index (χ3v) is 6.15. The molecule has 28 heavy (non-hydrogen) atoms. The minimum Gasteiger partial charge on any atom is -0.496 e. The predicted molar refractivity (Wildman–Crippen MR) is 98.1 cm³/mol. The molecule has 0 saturated carbocycles.